The molecule has 2 saturated heterocycles. The molecule has 0 atom stereocenters. The summed E-state index contributed by atoms with van der Waals surface area (Å²) in [5.41, 5.74) is 1.77. The number of ether oxygens (including phenoxy) is 2. The number of sulfonamides is 2. The molecule has 0 aromatic heterocycles. The Morgan fingerprint density at radius 1 is 0.875 bits per heavy atom. The van der Waals surface area contributed by atoms with Crippen LogP contribution in [-0.4, -0.2) is 98.7 Å². The lowest BCUT2D eigenvalue weighted by Gasteiger charge is -2.36. The first-order valence-electron chi connectivity index (χ1n) is 14.1. The quantitative estimate of drug-likeness (QED) is 0.353. The zero-order valence-electron chi connectivity index (χ0n) is 23.5. The molecule has 0 spiro atoms. The van der Waals surface area contributed by atoms with Crippen LogP contribution in [0, 0.1) is 0 Å². The number of piperazine rings is 1. The lowest BCUT2D eigenvalue weighted by Crippen LogP contribution is -2.48. The van der Waals surface area contributed by atoms with Gasteiger partial charge in [0, 0.05) is 45.8 Å². The molecule has 222 valence electrons. The maximum Gasteiger partial charge on any atom is 0.243 e. The van der Waals surface area contributed by atoms with E-state index in [0.29, 0.717) is 68.7 Å². The molecular formula is C28H42N4O6S2. The first-order chi connectivity index (χ1) is 19.2. The monoisotopic (exact) mass is 594 g/mol. The molecule has 0 bridgehead atoms. The van der Waals surface area contributed by atoms with Gasteiger partial charge in [-0.05, 0) is 61.7 Å². The fourth-order valence-corrected chi connectivity index (χ4v) is 7.54. The van der Waals surface area contributed by atoms with Crippen LogP contribution >= 0.6 is 0 Å². The zero-order chi connectivity index (χ0) is 28.6. The molecule has 12 heteroatoms. The van der Waals surface area contributed by atoms with E-state index in [1.165, 1.54) is 10.4 Å². The van der Waals surface area contributed by atoms with Crippen LogP contribution in [0.3, 0.4) is 0 Å². The Hall–Kier alpha value is -2.22. The van der Waals surface area contributed by atoms with Gasteiger partial charge >= 0.3 is 0 Å². The van der Waals surface area contributed by atoms with Gasteiger partial charge in [0.1, 0.15) is 5.75 Å². The Kier molecular flexibility index (Phi) is 10.8. The summed E-state index contributed by atoms with van der Waals surface area (Å²) in [5, 5.41) is 0. The van der Waals surface area contributed by atoms with Crippen molar-refractivity contribution in [2.24, 2.45) is 0 Å². The lowest BCUT2D eigenvalue weighted by atomic mass is 10.1. The minimum absolute atomic E-state index is 0.160. The second-order valence-corrected chi connectivity index (χ2v) is 13.9. The van der Waals surface area contributed by atoms with E-state index in [4.69, 9.17) is 9.47 Å². The molecule has 0 saturated carbocycles. The van der Waals surface area contributed by atoms with Crippen molar-refractivity contribution in [3.8, 4) is 5.75 Å². The van der Waals surface area contributed by atoms with E-state index in [0.717, 1.165) is 44.5 Å². The average Bonchev–Trinajstić information content (AvgIpc) is 2.98. The summed E-state index contributed by atoms with van der Waals surface area (Å²) < 4.78 is 67.7. The Bertz CT molecular complexity index is 1300. The highest BCUT2D eigenvalue weighted by atomic mass is 32.2. The van der Waals surface area contributed by atoms with Crippen LogP contribution in [0.2, 0.25) is 0 Å². The third kappa shape index (κ3) is 7.74. The van der Waals surface area contributed by atoms with E-state index in [1.54, 1.807) is 31.4 Å². The predicted octanol–water partition coefficient (Wildman–Crippen LogP) is 2.55. The summed E-state index contributed by atoms with van der Waals surface area (Å²) in [7, 11) is -5.78. The number of anilines is 1. The van der Waals surface area contributed by atoms with Gasteiger partial charge in [0.05, 0.1) is 35.8 Å². The predicted molar refractivity (Wildman–Crippen MR) is 156 cm³/mol. The van der Waals surface area contributed by atoms with Crippen molar-refractivity contribution >= 4 is 25.7 Å². The van der Waals surface area contributed by atoms with Crippen molar-refractivity contribution in [3.63, 3.8) is 0 Å². The molecule has 2 aromatic carbocycles. The topological polar surface area (TPSA) is 108 Å². The number of benzene rings is 2. The van der Waals surface area contributed by atoms with Crippen LogP contribution < -0.4 is 14.4 Å². The molecule has 4 rings (SSSR count). The average molecular weight is 595 g/mol. The highest BCUT2D eigenvalue weighted by Crippen LogP contribution is 2.32. The first kappa shape index (κ1) is 30.7. The Balaban J connectivity index is 1.37. The number of hydrogen-bond acceptors (Lipinski definition) is 8. The van der Waals surface area contributed by atoms with Crippen molar-refractivity contribution in [2.45, 2.75) is 42.4 Å². The van der Waals surface area contributed by atoms with Crippen LogP contribution in [0.4, 0.5) is 5.69 Å². The van der Waals surface area contributed by atoms with E-state index >= 15 is 0 Å². The molecule has 2 aromatic rings. The fourth-order valence-electron chi connectivity index (χ4n) is 5.03. The normalized spacial score (nSPS) is 17.7. The second kappa shape index (κ2) is 14.1. The van der Waals surface area contributed by atoms with Crippen molar-refractivity contribution in [3.05, 3.63) is 48.0 Å². The first-order valence-corrected chi connectivity index (χ1v) is 17.0. The molecular weight excluding hydrogens is 552 g/mol. The van der Waals surface area contributed by atoms with Crippen molar-refractivity contribution in [1.29, 1.82) is 0 Å². The molecule has 1 N–H and O–H groups in total. The molecule has 0 aliphatic carbocycles. The summed E-state index contributed by atoms with van der Waals surface area (Å²) >= 11 is 0. The number of aryl methyl sites for hydroxylation is 1. The number of nitrogens with zero attached hydrogens (tertiary/aromatic N) is 3. The molecule has 10 nitrogen and oxygen atoms in total. The molecule has 2 aliphatic rings. The maximum absolute atomic E-state index is 13.3. The van der Waals surface area contributed by atoms with Crippen molar-refractivity contribution < 1.29 is 26.3 Å². The highest BCUT2D eigenvalue weighted by molar-refractivity contribution is 7.89. The van der Waals surface area contributed by atoms with Gasteiger partial charge in [-0.15, -0.1) is 0 Å². The minimum Gasteiger partial charge on any atom is -0.495 e. The van der Waals surface area contributed by atoms with Gasteiger partial charge < -0.3 is 14.4 Å². The van der Waals surface area contributed by atoms with Gasteiger partial charge in [0.25, 0.3) is 0 Å². The van der Waals surface area contributed by atoms with E-state index < -0.39 is 20.0 Å². The molecule has 0 unspecified atom stereocenters. The SMILES string of the molecule is CCCCc1ccc(S(=O)(=O)N2CCN(c3cc(S(=O)(=O)NCCCN4CCOCC4)ccc3OC)CC2)cc1. The molecule has 0 radical (unpaired) electrons. The summed E-state index contributed by atoms with van der Waals surface area (Å²) in [6.07, 6.45) is 3.82. The van der Waals surface area contributed by atoms with E-state index in [-0.39, 0.29) is 4.90 Å². The number of unbranched alkanes of at least 4 members (excludes halogenated alkanes) is 1. The molecule has 40 heavy (non-hydrogen) atoms. The Labute approximate surface area is 239 Å². The Morgan fingerprint density at radius 2 is 1.55 bits per heavy atom. The third-order valence-corrected chi connectivity index (χ3v) is 10.8. The van der Waals surface area contributed by atoms with Gasteiger partial charge in [-0.3, -0.25) is 4.90 Å². The second-order valence-electron chi connectivity index (χ2n) is 10.2. The van der Waals surface area contributed by atoms with Gasteiger partial charge in [-0.1, -0.05) is 25.5 Å². The number of morpholine rings is 1. The summed E-state index contributed by atoms with van der Waals surface area (Å²) in [6, 6.07) is 12.0. The van der Waals surface area contributed by atoms with Gasteiger partial charge in [-0.2, -0.15) is 4.31 Å². The minimum atomic E-state index is -3.71. The summed E-state index contributed by atoms with van der Waals surface area (Å²) in [6.45, 7) is 7.88. The summed E-state index contributed by atoms with van der Waals surface area (Å²) in [5.74, 6) is 0.547. The number of hydrogen-bond donors (Lipinski definition) is 1. The van der Waals surface area contributed by atoms with Crippen LogP contribution in [0.5, 0.6) is 5.75 Å². The number of rotatable bonds is 13. The standard InChI is InChI=1S/C28H42N4O6S2/c1-3-4-6-24-7-9-25(10-8-24)40(35,36)32-17-15-31(16-18-32)27-23-26(11-12-28(27)37-2)39(33,34)29-13-5-14-30-19-21-38-22-20-30/h7-12,23,29H,3-6,13-22H2,1-2H3. The van der Waals surface area contributed by atoms with Crippen LogP contribution in [0.15, 0.2) is 52.3 Å². The molecule has 2 aliphatic heterocycles. The number of methoxy groups -OCH3 is 1. The third-order valence-electron chi connectivity index (χ3n) is 7.47. The van der Waals surface area contributed by atoms with Crippen LogP contribution in [0.1, 0.15) is 31.7 Å². The number of nitrogens with one attached hydrogen (secondary N) is 1. The maximum atomic E-state index is 13.3. The fraction of sp³-hybridized carbons (Fsp3) is 0.571. The zero-order valence-corrected chi connectivity index (χ0v) is 25.2. The van der Waals surface area contributed by atoms with E-state index in [2.05, 4.69) is 16.5 Å². The largest absolute Gasteiger partial charge is 0.495 e. The highest BCUT2D eigenvalue weighted by Gasteiger charge is 2.30. The van der Waals surface area contributed by atoms with Crippen LogP contribution in [0.25, 0.3) is 0 Å². The smallest absolute Gasteiger partial charge is 0.243 e. The van der Waals surface area contributed by atoms with E-state index in [1.807, 2.05) is 17.0 Å². The molecule has 0 amide bonds. The van der Waals surface area contributed by atoms with E-state index in [9.17, 15) is 16.8 Å². The molecule has 2 fully saturated rings. The van der Waals surface area contributed by atoms with Gasteiger partial charge in [0.2, 0.25) is 20.0 Å². The molecule has 2 heterocycles. The van der Waals surface area contributed by atoms with Crippen LogP contribution in [-0.2, 0) is 31.2 Å². The lowest BCUT2D eigenvalue weighted by molar-refractivity contribution is 0.0376. The van der Waals surface area contributed by atoms with Gasteiger partial charge in [-0.25, -0.2) is 21.6 Å². The van der Waals surface area contributed by atoms with Gasteiger partial charge in [0.15, 0.2) is 0 Å². The Morgan fingerprint density at radius 3 is 2.20 bits per heavy atom. The van der Waals surface area contributed by atoms with Crippen molar-refractivity contribution in [1.82, 2.24) is 13.9 Å². The van der Waals surface area contributed by atoms with Crippen molar-refractivity contribution in [2.75, 3.05) is 77.6 Å². The summed E-state index contributed by atoms with van der Waals surface area (Å²) in [4.78, 5) is 4.71.